The number of pyridine rings is 1. The largest absolute Gasteiger partial charge is 0.394 e. The van der Waals surface area contributed by atoms with E-state index in [1.807, 2.05) is 30.3 Å². The molecule has 8 heteroatoms. The van der Waals surface area contributed by atoms with E-state index in [2.05, 4.69) is 15.6 Å². The number of nitrogens with one attached hydrogen (secondary N) is 2. The fraction of sp³-hybridized carbons (Fsp3) is 0.125. The Labute approximate surface area is 183 Å². The molecule has 2 aromatic carbocycles. The summed E-state index contributed by atoms with van der Waals surface area (Å²) in [5.41, 5.74) is 1.81. The van der Waals surface area contributed by atoms with Crippen LogP contribution in [-0.4, -0.2) is 39.0 Å². The zero-order valence-corrected chi connectivity index (χ0v) is 17.0. The van der Waals surface area contributed by atoms with Crippen LogP contribution in [0.3, 0.4) is 0 Å². The number of carbonyl (C=O) groups is 2. The van der Waals surface area contributed by atoms with Crippen LogP contribution in [0, 0.1) is 5.82 Å². The van der Waals surface area contributed by atoms with Gasteiger partial charge in [-0.3, -0.25) is 14.0 Å². The molecule has 4 aromatic rings. The van der Waals surface area contributed by atoms with Gasteiger partial charge in [-0.15, -0.1) is 0 Å². The van der Waals surface area contributed by atoms with Crippen LogP contribution in [0.4, 0.5) is 10.1 Å². The van der Waals surface area contributed by atoms with Crippen molar-refractivity contribution in [1.82, 2.24) is 14.7 Å². The van der Waals surface area contributed by atoms with Crippen LogP contribution < -0.4 is 10.6 Å². The molecule has 0 aliphatic carbocycles. The van der Waals surface area contributed by atoms with Gasteiger partial charge in [-0.2, -0.15) is 0 Å². The number of anilines is 1. The quantitative estimate of drug-likeness (QED) is 0.418. The van der Waals surface area contributed by atoms with Gasteiger partial charge in [-0.1, -0.05) is 36.4 Å². The minimum atomic E-state index is -0.674. The molecule has 0 bridgehead atoms. The second kappa shape index (κ2) is 9.40. The maximum Gasteiger partial charge on any atom is 0.274 e. The monoisotopic (exact) mass is 432 g/mol. The number of hydrogen-bond donors (Lipinski definition) is 3. The fourth-order valence-corrected chi connectivity index (χ4v) is 3.38. The Morgan fingerprint density at radius 3 is 2.59 bits per heavy atom. The smallest absolute Gasteiger partial charge is 0.274 e. The van der Waals surface area contributed by atoms with Crippen LogP contribution in [-0.2, 0) is 6.42 Å². The molecule has 7 nitrogen and oxygen atoms in total. The van der Waals surface area contributed by atoms with E-state index in [4.69, 9.17) is 0 Å². The molecule has 2 aromatic heterocycles. The molecule has 2 amide bonds. The zero-order valence-electron chi connectivity index (χ0n) is 17.0. The first-order valence-corrected chi connectivity index (χ1v) is 10.0. The number of rotatable bonds is 7. The number of amides is 2. The van der Waals surface area contributed by atoms with Crippen LogP contribution in [0.15, 0.2) is 79.1 Å². The van der Waals surface area contributed by atoms with Crippen molar-refractivity contribution in [2.24, 2.45) is 0 Å². The lowest BCUT2D eigenvalue weighted by Gasteiger charge is -2.17. The van der Waals surface area contributed by atoms with Crippen molar-refractivity contribution in [1.29, 1.82) is 0 Å². The van der Waals surface area contributed by atoms with Crippen molar-refractivity contribution in [3.8, 4) is 0 Å². The second-order valence-electron chi connectivity index (χ2n) is 7.26. The van der Waals surface area contributed by atoms with Crippen molar-refractivity contribution in [2.75, 3.05) is 11.9 Å². The first kappa shape index (κ1) is 21.2. The Bertz CT molecular complexity index is 1260. The van der Waals surface area contributed by atoms with Crippen LogP contribution in [0.25, 0.3) is 5.65 Å². The number of benzene rings is 2. The summed E-state index contributed by atoms with van der Waals surface area (Å²) in [7, 11) is 0. The van der Waals surface area contributed by atoms with Crippen molar-refractivity contribution >= 4 is 23.1 Å². The molecule has 162 valence electrons. The molecule has 32 heavy (non-hydrogen) atoms. The third-order valence-corrected chi connectivity index (χ3v) is 5.01. The third-order valence-electron chi connectivity index (χ3n) is 5.01. The highest BCUT2D eigenvalue weighted by molar-refractivity contribution is 6.04. The molecule has 3 N–H and O–H groups in total. The average molecular weight is 432 g/mol. The van der Waals surface area contributed by atoms with Gasteiger partial charge in [0.2, 0.25) is 0 Å². The number of fused-ring (bicyclic) bond motifs is 1. The maximum absolute atomic E-state index is 14.4. The van der Waals surface area contributed by atoms with E-state index in [0.29, 0.717) is 12.1 Å². The summed E-state index contributed by atoms with van der Waals surface area (Å²) >= 11 is 0. The Morgan fingerprint density at radius 1 is 1.03 bits per heavy atom. The van der Waals surface area contributed by atoms with E-state index in [9.17, 15) is 19.1 Å². The highest BCUT2D eigenvalue weighted by Crippen LogP contribution is 2.18. The average Bonchev–Trinajstić information content (AvgIpc) is 3.25. The predicted molar refractivity (Wildman–Crippen MR) is 118 cm³/mol. The van der Waals surface area contributed by atoms with Crippen LogP contribution in [0.2, 0.25) is 0 Å². The standard InChI is InChI=1S/C24H21FN4O3/c25-19-10-9-17(23(31)27-18(15-30)12-16-6-2-1-3-7-16)13-20(19)28-24(32)21-14-26-22-8-4-5-11-29(21)22/h1-11,13-14,18,30H,12,15H2,(H,27,31)(H,28,32). The Hall–Kier alpha value is -4.04. The maximum atomic E-state index is 14.4. The number of carbonyl (C=O) groups excluding carboxylic acids is 2. The molecule has 0 fully saturated rings. The summed E-state index contributed by atoms with van der Waals surface area (Å²) in [6.07, 6.45) is 3.52. The molecule has 4 rings (SSSR count). The summed E-state index contributed by atoms with van der Waals surface area (Å²) in [5.74, 6) is -1.71. The topological polar surface area (TPSA) is 95.7 Å². The van der Waals surface area contributed by atoms with Crippen molar-refractivity contribution in [2.45, 2.75) is 12.5 Å². The van der Waals surface area contributed by atoms with E-state index >= 15 is 0 Å². The van der Waals surface area contributed by atoms with Gasteiger partial charge in [-0.05, 0) is 42.3 Å². The lowest BCUT2D eigenvalue weighted by molar-refractivity contribution is 0.0915. The minimum Gasteiger partial charge on any atom is -0.394 e. The van der Waals surface area contributed by atoms with Crippen LogP contribution >= 0.6 is 0 Å². The molecule has 1 atom stereocenters. The molecule has 0 aliphatic heterocycles. The number of aromatic nitrogens is 2. The molecular weight excluding hydrogens is 411 g/mol. The van der Waals surface area contributed by atoms with Gasteiger partial charge in [0.05, 0.1) is 24.5 Å². The summed E-state index contributed by atoms with van der Waals surface area (Å²) < 4.78 is 15.9. The molecule has 0 saturated heterocycles. The van der Waals surface area contributed by atoms with E-state index in [-0.39, 0.29) is 23.6 Å². The molecule has 0 spiro atoms. The predicted octanol–water partition coefficient (Wildman–Crippen LogP) is 3.06. The van der Waals surface area contributed by atoms with Crippen molar-refractivity contribution in [3.05, 3.63) is 102 Å². The zero-order chi connectivity index (χ0) is 22.5. The molecule has 1 unspecified atom stereocenters. The summed E-state index contributed by atoms with van der Waals surface area (Å²) in [6, 6.07) is 17.9. The molecule has 0 radical (unpaired) electrons. The van der Waals surface area contributed by atoms with Gasteiger partial charge < -0.3 is 15.7 Å². The Morgan fingerprint density at radius 2 is 1.81 bits per heavy atom. The first-order valence-electron chi connectivity index (χ1n) is 10.0. The van der Waals surface area contributed by atoms with E-state index in [0.717, 1.165) is 11.6 Å². The van der Waals surface area contributed by atoms with Gasteiger partial charge in [0.1, 0.15) is 17.2 Å². The number of hydrogen-bond acceptors (Lipinski definition) is 4. The summed E-state index contributed by atoms with van der Waals surface area (Å²) in [5, 5.41) is 14.9. The third kappa shape index (κ3) is 4.65. The first-order chi connectivity index (χ1) is 15.5. The molecule has 2 heterocycles. The van der Waals surface area contributed by atoms with Crippen LogP contribution in [0.5, 0.6) is 0 Å². The van der Waals surface area contributed by atoms with Gasteiger partial charge in [0, 0.05) is 11.8 Å². The molecular formula is C24H21FN4O3. The number of nitrogens with zero attached hydrogens (tertiary/aromatic N) is 2. The Balaban J connectivity index is 1.49. The summed E-state index contributed by atoms with van der Waals surface area (Å²) in [4.78, 5) is 29.5. The fourth-order valence-electron chi connectivity index (χ4n) is 3.38. The lowest BCUT2D eigenvalue weighted by Crippen LogP contribution is -2.39. The highest BCUT2D eigenvalue weighted by atomic mass is 19.1. The summed E-state index contributed by atoms with van der Waals surface area (Å²) in [6.45, 7) is -0.250. The highest BCUT2D eigenvalue weighted by Gasteiger charge is 2.18. The van der Waals surface area contributed by atoms with E-state index in [1.54, 1.807) is 28.8 Å². The second-order valence-corrected chi connectivity index (χ2v) is 7.26. The van der Waals surface area contributed by atoms with Crippen molar-refractivity contribution in [3.63, 3.8) is 0 Å². The van der Waals surface area contributed by atoms with Crippen LogP contribution in [0.1, 0.15) is 26.4 Å². The van der Waals surface area contributed by atoms with E-state index in [1.165, 1.54) is 18.3 Å². The van der Waals surface area contributed by atoms with Gasteiger partial charge in [0.15, 0.2) is 0 Å². The normalized spacial score (nSPS) is 11.8. The SMILES string of the molecule is O=C(NC(CO)Cc1ccccc1)c1ccc(F)c(NC(=O)c2cnc3ccccn23)c1. The molecule has 0 saturated carbocycles. The van der Waals surface area contributed by atoms with Gasteiger partial charge >= 0.3 is 0 Å². The number of imidazole rings is 1. The minimum absolute atomic E-state index is 0.128. The van der Waals surface area contributed by atoms with Gasteiger partial charge in [0.25, 0.3) is 11.8 Å². The number of halogens is 1. The van der Waals surface area contributed by atoms with Gasteiger partial charge in [-0.25, -0.2) is 9.37 Å². The lowest BCUT2D eigenvalue weighted by atomic mass is 10.1. The van der Waals surface area contributed by atoms with Crippen molar-refractivity contribution < 1.29 is 19.1 Å². The number of aliphatic hydroxyl groups excluding tert-OH is 1. The molecule has 0 aliphatic rings. The van der Waals surface area contributed by atoms with E-state index < -0.39 is 23.7 Å². The Kier molecular flexibility index (Phi) is 6.23. The number of aliphatic hydroxyl groups is 1.